The molecule has 3 rings (SSSR count). The van der Waals surface area contributed by atoms with Gasteiger partial charge in [0, 0.05) is 23.7 Å². The van der Waals surface area contributed by atoms with E-state index < -0.39 is 42.2 Å². The second kappa shape index (κ2) is 12.4. The average Bonchev–Trinajstić information content (AvgIpc) is 3.27. The van der Waals surface area contributed by atoms with Crippen LogP contribution in [-0.4, -0.2) is 68.6 Å². The number of rotatable bonds is 10. The second-order valence-electron chi connectivity index (χ2n) is 7.90. The number of benzene rings is 2. The summed E-state index contributed by atoms with van der Waals surface area (Å²) in [6, 6.07) is 10.6. The summed E-state index contributed by atoms with van der Waals surface area (Å²) in [5.41, 5.74) is 3.39. The molecular weight excluding hydrogens is 486 g/mol. The molecule has 1 aliphatic heterocycles. The lowest BCUT2D eigenvalue weighted by atomic mass is 10.1. The van der Waals surface area contributed by atoms with Crippen LogP contribution in [0, 0.1) is 5.92 Å². The molecule has 0 spiro atoms. The Kier molecular flexibility index (Phi) is 9.03. The molecule has 2 aromatic carbocycles. The third-order valence-corrected chi connectivity index (χ3v) is 5.33. The van der Waals surface area contributed by atoms with E-state index >= 15 is 0 Å². The molecule has 1 atom stereocenters. The number of carbonyl (C=O) groups excluding carboxylic acids is 5. The van der Waals surface area contributed by atoms with Crippen LogP contribution in [0.25, 0.3) is 0 Å². The van der Waals surface area contributed by atoms with Gasteiger partial charge in [0.05, 0.1) is 38.9 Å². The zero-order valence-electron chi connectivity index (χ0n) is 20.6. The van der Waals surface area contributed by atoms with Crippen molar-refractivity contribution in [2.24, 2.45) is 5.92 Å². The lowest BCUT2D eigenvalue weighted by Crippen LogP contribution is -2.43. The summed E-state index contributed by atoms with van der Waals surface area (Å²) in [6.45, 7) is 1.26. The van der Waals surface area contributed by atoms with Crippen LogP contribution in [0.5, 0.6) is 11.5 Å². The van der Waals surface area contributed by atoms with Crippen LogP contribution in [0.4, 0.5) is 5.69 Å². The summed E-state index contributed by atoms with van der Waals surface area (Å²) in [7, 11) is 2.89. The molecule has 12 heteroatoms. The van der Waals surface area contributed by atoms with Crippen LogP contribution in [0.2, 0.25) is 0 Å². The summed E-state index contributed by atoms with van der Waals surface area (Å²) in [4.78, 5) is 61.2. The minimum absolute atomic E-state index is 0.110. The summed E-state index contributed by atoms with van der Waals surface area (Å²) in [5.74, 6) is -2.96. The molecule has 12 nitrogen and oxygen atoms in total. The highest BCUT2D eigenvalue weighted by atomic mass is 16.5. The number of anilines is 1. The number of esters is 2. The Morgan fingerprint density at radius 3 is 2.19 bits per heavy atom. The zero-order chi connectivity index (χ0) is 26.9. The van der Waals surface area contributed by atoms with E-state index in [1.54, 1.807) is 13.0 Å². The van der Waals surface area contributed by atoms with Gasteiger partial charge in [-0.05, 0) is 43.3 Å². The average molecular weight is 514 g/mol. The van der Waals surface area contributed by atoms with Crippen LogP contribution >= 0.6 is 0 Å². The standard InChI is InChI=1S/C25H27N3O9/c1-4-36-24(32)15-5-7-18(8-6-15)26-21(29)14-37-25(33)17-11-22(30)28(13-17)27-23(31)16-9-19(34-2)12-20(10-16)35-3/h5-10,12,17H,4,11,13-14H2,1-3H3,(H,26,29)(H,27,31)/t17-/m1/s1. The van der Waals surface area contributed by atoms with Gasteiger partial charge in [-0.1, -0.05) is 0 Å². The van der Waals surface area contributed by atoms with Crippen LogP contribution in [0.3, 0.4) is 0 Å². The Hall–Kier alpha value is -4.61. The summed E-state index contributed by atoms with van der Waals surface area (Å²) in [5, 5.41) is 3.58. The highest BCUT2D eigenvalue weighted by Crippen LogP contribution is 2.23. The Labute approximate surface area is 212 Å². The van der Waals surface area contributed by atoms with Gasteiger partial charge in [-0.2, -0.15) is 0 Å². The topological polar surface area (TPSA) is 150 Å². The largest absolute Gasteiger partial charge is 0.497 e. The first-order chi connectivity index (χ1) is 17.7. The number of methoxy groups -OCH3 is 2. The van der Waals surface area contributed by atoms with Crippen molar-refractivity contribution in [3.8, 4) is 11.5 Å². The maximum atomic E-state index is 12.6. The molecule has 0 aliphatic carbocycles. The van der Waals surface area contributed by atoms with E-state index in [9.17, 15) is 24.0 Å². The van der Waals surface area contributed by atoms with Crippen molar-refractivity contribution in [2.45, 2.75) is 13.3 Å². The van der Waals surface area contributed by atoms with Gasteiger partial charge < -0.3 is 24.3 Å². The number of hydrogen-bond acceptors (Lipinski definition) is 9. The number of hydrazine groups is 1. The quantitative estimate of drug-likeness (QED) is 0.451. The maximum Gasteiger partial charge on any atom is 0.338 e. The minimum atomic E-state index is -0.857. The van der Waals surface area contributed by atoms with Gasteiger partial charge in [0.15, 0.2) is 6.61 Å². The molecular formula is C25H27N3O9. The lowest BCUT2D eigenvalue weighted by molar-refractivity contribution is -0.151. The molecule has 0 saturated carbocycles. The fraction of sp³-hybridized carbons (Fsp3) is 0.320. The van der Waals surface area contributed by atoms with E-state index in [1.807, 2.05) is 0 Å². The Morgan fingerprint density at radius 1 is 0.946 bits per heavy atom. The molecule has 37 heavy (non-hydrogen) atoms. The molecule has 196 valence electrons. The molecule has 2 aromatic rings. The second-order valence-corrected chi connectivity index (χ2v) is 7.90. The predicted octanol–water partition coefficient (Wildman–Crippen LogP) is 1.56. The van der Waals surface area contributed by atoms with Crippen LogP contribution in [-0.2, 0) is 23.9 Å². The fourth-order valence-corrected chi connectivity index (χ4v) is 3.45. The monoisotopic (exact) mass is 513 g/mol. The molecule has 1 fully saturated rings. The van der Waals surface area contributed by atoms with Crippen LogP contribution in [0.15, 0.2) is 42.5 Å². The fourth-order valence-electron chi connectivity index (χ4n) is 3.45. The van der Waals surface area contributed by atoms with Crippen LogP contribution in [0.1, 0.15) is 34.1 Å². The van der Waals surface area contributed by atoms with Crippen molar-refractivity contribution in [1.82, 2.24) is 10.4 Å². The van der Waals surface area contributed by atoms with Crippen molar-refractivity contribution in [1.29, 1.82) is 0 Å². The predicted molar refractivity (Wildman–Crippen MR) is 129 cm³/mol. The molecule has 3 amide bonds. The van der Waals surface area contributed by atoms with Crippen molar-refractivity contribution in [2.75, 3.05) is 39.3 Å². The van der Waals surface area contributed by atoms with E-state index in [2.05, 4.69) is 10.7 Å². The van der Waals surface area contributed by atoms with Crippen molar-refractivity contribution >= 4 is 35.3 Å². The van der Waals surface area contributed by atoms with E-state index in [-0.39, 0.29) is 25.1 Å². The number of nitrogens with one attached hydrogen (secondary N) is 2. The van der Waals surface area contributed by atoms with E-state index in [0.717, 1.165) is 5.01 Å². The molecule has 2 N–H and O–H groups in total. The van der Waals surface area contributed by atoms with Gasteiger partial charge in [-0.15, -0.1) is 0 Å². The first-order valence-corrected chi connectivity index (χ1v) is 11.3. The van der Waals surface area contributed by atoms with E-state index in [0.29, 0.717) is 22.7 Å². The normalized spacial score (nSPS) is 14.5. The molecule has 0 radical (unpaired) electrons. The van der Waals surface area contributed by atoms with Gasteiger partial charge in [0.25, 0.3) is 11.8 Å². The smallest absolute Gasteiger partial charge is 0.338 e. The lowest BCUT2D eigenvalue weighted by Gasteiger charge is -2.18. The van der Waals surface area contributed by atoms with Gasteiger partial charge in [0.1, 0.15) is 11.5 Å². The maximum absolute atomic E-state index is 12.6. The molecule has 0 aromatic heterocycles. The van der Waals surface area contributed by atoms with Gasteiger partial charge in [-0.25, -0.2) is 4.79 Å². The van der Waals surface area contributed by atoms with Crippen LogP contribution < -0.4 is 20.2 Å². The summed E-state index contributed by atoms with van der Waals surface area (Å²) in [6.07, 6.45) is -0.183. The molecule has 0 unspecified atom stereocenters. The summed E-state index contributed by atoms with van der Waals surface area (Å²) < 4.78 is 20.2. The first kappa shape index (κ1) is 27.0. The number of ether oxygens (including phenoxy) is 4. The third-order valence-electron chi connectivity index (χ3n) is 5.33. The van der Waals surface area contributed by atoms with Crippen molar-refractivity contribution in [3.05, 3.63) is 53.6 Å². The molecule has 1 aliphatic rings. The van der Waals surface area contributed by atoms with E-state index in [1.165, 1.54) is 50.6 Å². The highest BCUT2D eigenvalue weighted by molar-refractivity contribution is 5.97. The Morgan fingerprint density at radius 2 is 1.59 bits per heavy atom. The highest BCUT2D eigenvalue weighted by Gasteiger charge is 2.36. The number of hydrogen-bond donors (Lipinski definition) is 2. The summed E-state index contributed by atoms with van der Waals surface area (Å²) >= 11 is 0. The number of amides is 3. The number of nitrogens with zero attached hydrogens (tertiary/aromatic N) is 1. The number of carbonyl (C=O) groups is 5. The minimum Gasteiger partial charge on any atom is -0.497 e. The van der Waals surface area contributed by atoms with Crippen molar-refractivity contribution in [3.63, 3.8) is 0 Å². The molecule has 1 saturated heterocycles. The SMILES string of the molecule is CCOC(=O)c1ccc(NC(=O)COC(=O)[C@@H]2CC(=O)N(NC(=O)c3cc(OC)cc(OC)c3)C2)cc1. The first-order valence-electron chi connectivity index (χ1n) is 11.3. The van der Waals surface area contributed by atoms with Gasteiger partial charge in [0.2, 0.25) is 5.91 Å². The van der Waals surface area contributed by atoms with Crippen molar-refractivity contribution < 1.29 is 42.9 Å². The third kappa shape index (κ3) is 7.19. The van der Waals surface area contributed by atoms with Gasteiger partial charge >= 0.3 is 11.9 Å². The molecule has 0 bridgehead atoms. The Bertz CT molecular complexity index is 1160. The zero-order valence-corrected chi connectivity index (χ0v) is 20.6. The van der Waals surface area contributed by atoms with E-state index in [4.69, 9.17) is 18.9 Å². The van der Waals surface area contributed by atoms with Gasteiger partial charge in [-0.3, -0.25) is 29.6 Å². The molecule has 1 heterocycles. The Balaban J connectivity index is 1.49.